The highest BCUT2D eigenvalue weighted by atomic mass is 19.2. The number of hydrogen-bond donors (Lipinski definition) is 3. The zero-order valence-electron chi connectivity index (χ0n) is 33.0. The van der Waals surface area contributed by atoms with E-state index in [1.165, 1.54) is 0 Å². The molecule has 1 aliphatic carbocycles. The summed E-state index contributed by atoms with van der Waals surface area (Å²) in [6, 6.07) is 39.6. The standard InChI is InChI=1S/C48H38F5N3O6/c1-28(46(59)62-44-42(52)40(50)39(49)41(51)43(44)53)54-45(58)37(55-47(60)61-27-36-34-23-13-11-21-32(34)33-22-12-14-24-35(33)36)25-26-38(57)56-48(29-15-5-2-6-16-29,30-17-7-3-8-18-30)31-19-9-4-10-20-31/h2-24,28,36-37H,25-27H2,1H3,(H,54,58)(H,55,60)(H,56,57)/t28-,37-/m0/s1. The molecular formula is C48H38F5N3O6. The van der Waals surface area contributed by atoms with Crippen LogP contribution in [0, 0.1) is 29.1 Å². The Morgan fingerprint density at radius 2 is 1.03 bits per heavy atom. The molecule has 0 saturated heterocycles. The van der Waals surface area contributed by atoms with Gasteiger partial charge < -0.3 is 25.4 Å². The molecule has 0 spiro atoms. The molecule has 0 heterocycles. The molecule has 6 aromatic carbocycles. The van der Waals surface area contributed by atoms with E-state index in [0.717, 1.165) is 45.9 Å². The Bertz CT molecular complexity index is 2440. The SMILES string of the molecule is C[C@H](NC(=O)[C@H](CCC(=O)NC(c1ccccc1)(c1ccccc1)c1ccccc1)NC(=O)OCC1c2ccccc2-c2ccccc21)C(=O)Oc1c(F)c(F)c(F)c(F)c1F. The van der Waals surface area contributed by atoms with Crippen molar-refractivity contribution >= 4 is 23.9 Å². The summed E-state index contributed by atoms with van der Waals surface area (Å²) >= 11 is 0. The molecule has 1 aliphatic rings. The van der Waals surface area contributed by atoms with Crippen molar-refractivity contribution in [3.05, 3.63) is 196 Å². The number of fused-ring (bicyclic) bond motifs is 3. The molecule has 9 nitrogen and oxygen atoms in total. The van der Waals surface area contributed by atoms with Crippen molar-refractivity contribution in [2.45, 2.75) is 43.3 Å². The molecule has 0 unspecified atom stereocenters. The smallest absolute Gasteiger partial charge is 0.407 e. The van der Waals surface area contributed by atoms with Gasteiger partial charge in [0.1, 0.15) is 24.2 Å². The predicted octanol–water partition coefficient (Wildman–Crippen LogP) is 8.59. The van der Waals surface area contributed by atoms with Crippen molar-refractivity contribution in [3.63, 3.8) is 0 Å². The zero-order valence-corrected chi connectivity index (χ0v) is 33.0. The van der Waals surface area contributed by atoms with Crippen LogP contribution in [-0.2, 0) is 24.7 Å². The fraction of sp³-hybridized carbons (Fsp3) is 0.167. The van der Waals surface area contributed by atoms with Crippen LogP contribution in [0.3, 0.4) is 0 Å². The highest BCUT2D eigenvalue weighted by Gasteiger charge is 2.39. The van der Waals surface area contributed by atoms with Gasteiger partial charge in [-0.1, -0.05) is 140 Å². The van der Waals surface area contributed by atoms with Gasteiger partial charge in [0, 0.05) is 12.3 Å². The van der Waals surface area contributed by atoms with Gasteiger partial charge in [0.15, 0.2) is 0 Å². The van der Waals surface area contributed by atoms with E-state index in [2.05, 4.69) is 20.7 Å². The van der Waals surface area contributed by atoms with Gasteiger partial charge in [-0.25, -0.2) is 22.8 Å². The average Bonchev–Trinajstić information content (AvgIpc) is 3.62. The summed E-state index contributed by atoms with van der Waals surface area (Å²) in [4.78, 5) is 54.4. The van der Waals surface area contributed by atoms with Crippen molar-refractivity contribution in [2.24, 2.45) is 0 Å². The van der Waals surface area contributed by atoms with Gasteiger partial charge in [0.25, 0.3) is 0 Å². The van der Waals surface area contributed by atoms with Crippen molar-refractivity contribution in [3.8, 4) is 16.9 Å². The number of halogens is 5. The van der Waals surface area contributed by atoms with E-state index in [-0.39, 0.29) is 25.4 Å². The summed E-state index contributed by atoms with van der Waals surface area (Å²) in [6.07, 6.45) is -1.79. The maximum atomic E-state index is 14.3. The molecule has 6 aromatic rings. The molecule has 0 radical (unpaired) electrons. The first kappa shape index (κ1) is 42.8. The van der Waals surface area contributed by atoms with Crippen LogP contribution in [0.1, 0.15) is 53.5 Å². The van der Waals surface area contributed by atoms with Crippen molar-refractivity contribution in [1.29, 1.82) is 0 Å². The lowest BCUT2D eigenvalue weighted by Gasteiger charge is -2.37. The van der Waals surface area contributed by atoms with Gasteiger partial charge in [0.05, 0.1) is 0 Å². The summed E-state index contributed by atoms with van der Waals surface area (Å²) in [5.41, 5.74) is 4.74. The van der Waals surface area contributed by atoms with Gasteiger partial charge >= 0.3 is 12.1 Å². The number of rotatable bonds is 14. The minimum atomic E-state index is -2.46. The van der Waals surface area contributed by atoms with Crippen LogP contribution >= 0.6 is 0 Å². The molecule has 2 atom stereocenters. The van der Waals surface area contributed by atoms with Gasteiger partial charge in [0.2, 0.25) is 46.6 Å². The first-order valence-electron chi connectivity index (χ1n) is 19.5. The third kappa shape index (κ3) is 8.62. The van der Waals surface area contributed by atoms with Gasteiger partial charge in [-0.15, -0.1) is 0 Å². The van der Waals surface area contributed by atoms with Crippen molar-refractivity contribution in [2.75, 3.05) is 6.61 Å². The molecule has 0 aromatic heterocycles. The fourth-order valence-corrected chi connectivity index (χ4v) is 7.62. The number of esters is 1. The number of alkyl carbamates (subject to hydrolysis) is 1. The molecule has 0 saturated carbocycles. The van der Waals surface area contributed by atoms with E-state index < -0.39 is 76.3 Å². The summed E-state index contributed by atoms with van der Waals surface area (Å²) in [5, 5.41) is 7.88. The van der Waals surface area contributed by atoms with Gasteiger partial charge in [-0.05, 0) is 52.3 Å². The summed E-state index contributed by atoms with van der Waals surface area (Å²) < 4.78 is 80.2. The lowest BCUT2D eigenvalue weighted by atomic mass is 9.77. The van der Waals surface area contributed by atoms with Crippen LogP contribution in [0.2, 0.25) is 0 Å². The largest absolute Gasteiger partial charge is 0.449 e. The molecule has 7 rings (SSSR count). The maximum absolute atomic E-state index is 14.3. The Kier molecular flexibility index (Phi) is 12.8. The average molecular weight is 848 g/mol. The maximum Gasteiger partial charge on any atom is 0.407 e. The molecule has 0 bridgehead atoms. The molecular weight excluding hydrogens is 810 g/mol. The molecule has 0 fully saturated rings. The molecule has 62 heavy (non-hydrogen) atoms. The van der Waals surface area contributed by atoms with Crippen LogP contribution < -0.4 is 20.7 Å². The number of nitrogens with one attached hydrogen (secondary N) is 3. The Morgan fingerprint density at radius 1 is 0.597 bits per heavy atom. The third-order valence-corrected chi connectivity index (χ3v) is 10.6. The number of hydrogen-bond acceptors (Lipinski definition) is 6. The Hall–Kier alpha value is -7.35. The fourth-order valence-electron chi connectivity index (χ4n) is 7.62. The summed E-state index contributed by atoms with van der Waals surface area (Å²) in [6.45, 7) is 0.893. The van der Waals surface area contributed by atoms with Crippen LogP contribution in [0.25, 0.3) is 11.1 Å². The lowest BCUT2D eigenvalue weighted by molar-refractivity contribution is -0.139. The molecule has 0 aliphatic heterocycles. The first-order valence-corrected chi connectivity index (χ1v) is 19.5. The van der Waals surface area contributed by atoms with E-state index in [4.69, 9.17) is 4.74 Å². The topological polar surface area (TPSA) is 123 Å². The normalized spacial score (nSPS) is 12.9. The number of carbonyl (C=O) groups excluding carboxylic acids is 4. The summed E-state index contributed by atoms with van der Waals surface area (Å²) in [7, 11) is 0. The number of carbonyl (C=O) groups is 4. The molecule has 3 amide bonds. The van der Waals surface area contributed by atoms with Crippen LogP contribution in [0.4, 0.5) is 26.7 Å². The van der Waals surface area contributed by atoms with E-state index in [0.29, 0.717) is 0 Å². The highest BCUT2D eigenvalue weighted by molar-refractivity contribution is 5.91. The quantitative estimate of drug-likeness (QED) is 0.0252. The zero-order chi connectivity index (χ0) is 44.0. The van der Waals surface area contributed by atoms with E-state index >= 15 is 0 Å². The number of ether oxygens (including phenoxy) is 2. The van der Waals surface area contributed by atoms with Gasteiger partial charge in [-0.2, -0.15) is 8.78 Å². The Balaban J connectivity index is 1.12. The number of benzene rings is 6. The second-order valence-corrected chi connectivity index (χ2v) is 14.5. The van der Waals surface area contributed by atoms with Gasteiger partial charge in [-0.3, -0.25) is 9.59 Å². The van der Waals surface area contributed by atoms with Crippen LogP contribution in [0.15, 0.2) is 140 Å². The second-order valence-electron chi connectivity index (χ2n) is 14.5. The Labute approximate surface area is 352 Å². The minimum Gasteiger partial charge on any atom is -0.449 e. The second kappa shape index (κ2) is 18.5. The predicted molar refractivity (Wildman–Crippen MR) is 218 cm³/mol. The molecule has 3 N–H and O–H groups in total. The van der Waals surface area contributed by atoms with Crippen molar-refractivity contribution in [1.82, 2.24) is 16.0 Å². The van der Waals surface area contributed by atoms with Crippen LogP contribution in [0.5, 0.6) is 5.75 Å². The van der Waals surface area contributed by atoms with Crippen LogP contribution in [-0.4, -0.2) is 42.6 Å². The highest BCUT2D eigenvalue weighted by Crippen LogP contribution is 2.44. The number of amides is 3. The van der Waals surface area contributed by atoms with E-state index in [1.807, 2.05) is 140 Å². The first-order chi connectivity index (χ1) is 29.9. The summed E-state index contributed by atoms with van der Waals surface area (Å²) in [5.74, 6) is -17.4. The van der Waals surface area contributed by atoms with E-state index in [1.54, 1.807) is 0 Å². The monoisotopic (exact) mass is 847 g/mol. The molecule has 316 valence electrons. The third-order valence-electron chi connectivity index (χ3n) is 10.6. The minimum absolute atomic E-state index is 0.132. The lowest BCUT2D eigenvalue weighted by Crippen LogP contribution is -2.52. The van der Waals surface area contributed by atoms with E-state index in [9.17, 15) is 41.1 Å². The van der Waals surface area contributed by atoms with Crippen molar-refractivity contribution < 1.29 is 50.6 Å². The Morgan fingerprint density at radius 3 is 1.52 bits per heavy atom. The molecule has 14 heteroatoms.